The monoisotopic (exact) mass is 484 g/mol. The molecule has 0 bridgehead atoms. The lowest BCUT2D eigenvalue weighted by atomic mass is 9.64. The van der Waals surface area contributed by atoms with Crippen molar-refractivity contribution in [3.8, 4) is 5.75 Å². The fourth-order valence-electron chi connectivity index (χ4n) is 5.64. The third-order valence-electron chi connectivity index (χ3n) is 7.91. The summed E-state index contributed by atoms with van der Waals surface area (Å²) in [7, 11) is 1.32. The lowest BCUT2D eigenvalue weighted by Gasteiger charge is -2.40. The fourth-order valence-corrected chi connectivity index (χ4v) is 5.64. The summed E-state index contributed by atoms with van der Waals surface area (Å²) in [5, 5.41) is 0. The van der Waals surface area contributed by atoms with Crippen molar-refractivity contribution < 1.29 is 19.1 Å². The van der Waals surface area contributed by atoms with Crippen LogP contribution in [0.2, 0.25) is 0 Å². The Kier molecular flexibility index (Phi) is 7.35. The molecule has 0 radical (unpaired) electrons. The van der Waals surface area contributed by atoms with E-state index in [1.165, 1.54) is 60.3 Å². The van der Waals surface area contributed by atoms with Crippen LogP contribution in [0.4, 0.5) is 0 Å². The number of carbonyl (C=O) groups is 2. The summed E-state index contributed by atoms with van der Waals surface area (Å²) in [4.78, 5) is 24.9. The molecule has 3 aromatic rings. The fraction of sp³-hybridized carbons (Fsp3) is 0.375. The van der Waals surface area contributed by atoms with E-state index in [-0.39, 0.29) is 5.41 Å². The van der Waals surface area contributed by atoms with Gasteiger partial charge < -0.3 is 9.47 Å². The van der Waals surface area contributed by atoms with Gasteiger partial charge in [-0.3, -0.25) is 0 Å². The van der Waals surface area contributed by atoms with Gasteiger partial charge in [-0.2, -0.15) is 0 Å². The lowest BCUT2D eigenvalue weighted by molar-refractivity contribution is 0.0600. The smallest absolute Gasteiger partial charge is 0.343 e. The minimum Gasteiger partial charge on any atom is -0.465 e. The third-order valence-corrected chi connectivity index (χ3v) is 7.91. The molecule has 4 rings (SSSR count). The molecule has 4 heteroatoms. The summed E-state index contributed by atoms with van der Waals surface area (Å²) in [5.74, 6) is -0.396. The minimum absolute atomic E-state index is 0.0334. The van der Waals surface area contributed by atoms with Crippen LogP contribution >= 0.6 is 0 Å². The van der Waals surface area contributed by atoms with E-state index in [9.17, 15) is 9.59 Å². The van der Waals surface area contributed by atoms with Crippen molar-refractivity contribution in [2.24, 2.45) is 0 Å². The second kappa shape index (κ2) is 10.3. The van der Waals surface area contributed by atoms with Crippen LogP contribution in [-0.4, -0.2) is 19.0 Å². The quantitative estimate of drug-likeness (QED) is 0.278. The van der Waals surface area contributed by atoms with E-state index in [4.69, 9.17) is 9.47 Å². The molecule has 1 aliphatic carbocycles. The Hall–Kier alpha value is -3.40. The topological polar surface area (TPSA) is 52.6 Å². The Morgan fingerprint density at radius 1 is 0.694 bits per heavy atom. The highest BCUT2D eigenvalue weighted by atomic mass is 16.5. The van der Waals surface area contributed by atoms with Gasteiger partial charge >= 0.3 is 11.9 Å². The maximum atomic E-state index is 13.0. The normalized spacial score (nSPS) is 14.8. The number of esters is 2. The van der Waals surface area contributed by atoms with Crippen LogP contribution < -0.4 is 4.74 Å². The molecule has 0 atom stereocenters. The van der Waals surface area contributed by atoms with E-state index in [2.05, 4.69) is 45.0 Å². The van der Waals surface area contributed by atoms with Gasteiger partial charge in [0.1, 0.15) is 5.75 Å². The van der Waals surface area contributed by atoms with E-state index in [1.54, 1.807) is 18.2 Å². The number of hydrogen-bond donors (Lipinski definition) is 0. The summed E-state index contributed by atoms with van der Waals surface area (Å²) >= 11 is 0. The number of aryl methyl sites for hydroxylation is 4. The zero-order chi connectivity index (χ0) is 26.0. The zero-order valence-corrected chi connectivity index (χ0v) is 22.3. The first-order valence-corrected chi connectivity index (χ1v) is 12.8. The summed E-state index contributed by atoms with van der Waals surface area (Å²) in [5.41, 5.74) is 9.20. The molecule has 0 saturated heterocycles. The molecule has 0 amide bonds. The molecule has 0 aromatic heterocycles. The lowest BCUT2D eigenvalue weighted by Crippen LogP contribution is -2.31. The molecule has 1 aliphatic rings. The number of rotatable bonds is 5. The molecular weight excluding hydrogens is 448 g/mol. The number of benzene rings is 3. The molecule has 36 heavy (non-hydrogen) atoms. The van der Waals surface area contributed by atoms with Crippen molar-refractivity contribution in [1.82, 2.24) is 0 Å². The second-order valence-corrected chi connectivity index (χ2v) is 10.3. The van der Waals surface area contributed by atoms with Gasteiger partial charge in [0.25, 0.3) is 0 Å². The van der Waals surface area contributed by atoms with Crippen molar-refractivity contribution in [2.75, 3.05) is 7.11 Å². The van der Waals surface area contributed by atoms with Crippen molar-refractivity contribution in [1.29, 1.82) is 0 Å². The summed E-state index contributed by atoms with van der Waals surface area (Å²) in [6, 6.07) is 15.6. The van der Waals surface area contributed by atoms with Crippen LogP contribution in [0.1, 0.15) is 91.8 Å². The largest absolute Gasteiger partial charge is 0.465 e. The third kappa shape index (κ3) is 4.82. The second-order valence-electron chi connectivity index (χ2n) is 10.3. The first-order valence-electron chi connectivity index (χ1n) is 12.8. The van der Waals surface area contributed by atoms with E-state index in [0.717, 1.165) is 24.0 Å². The molecule has 0 spiro atoms. The van der Waals surface area contributed by atoms with Crippen molar-refractivity contribution in [3.63, 3.8) is 0 Å². The number of methoxy groups -OCH3 is 1. The summed E-state index contributed by atoms with van der Waals surface area (Å²) < 4.78 is 10.6. The molecule has 0 N–H and O–H groups in total. The molecule has 0 unspecified atom stereocenters. The first kappa shape index (κ1) is 25.7. The highest BCUT2D eigenvalue weighted by molar-refractivity contribution is 5.96. The first-order chi connectivity index (χ1) is 17.2. The van der Waals surface area contributed by atoms with Gasteiger partial charge in [-0.05, 0) is 105 Å². The van der Waals surface area contributed by atoms with E-state index < -0.39 is 11.9 Å². The van der Waals surface area contributed by atoms with Gasteiger partial charge in [-0.25, -0.2) is 9.59 Å². The molecule has 1 saturated carbocycles. The Morgan fingerprint density at radius 3 is 1.72 bits per heavy atom. The molecule has 1 fully saturated rings. The number of carbonyl (C=O) groups excluding carboxylic acids is 2. The van der Waals surface area contributed by atoms with Gasteiger partial charge in [0, 0.05) is 5.41 Å². The van der Waals surface area contributed by atoms with Crippen molar-refractivity contribution in [2.45, 2.75) is 72.1 Å². The summed E-state index contributed by atoms with van der Waals surface area (Å²) in [6.07, 6.45) is 5.92. The number of ether oxygens (including phenoxy) is 2. The van der Waals surface area contributed by atoms with Crippen LogP contribution in [0.3, 0.4) is 0 Å². The highest BCUT2D eigenvalue weighted by Crippen LogP contribution is 2.47. The van der Waals surface area contributed by atoms with Gasteiger partial charge in [0.2, 0.25) is 0 Å². The van der Waals surface area contributed by atoms with Crippen LogP contribution in [0.5, 0.6) is 5.75 Å². The average Bonchev–Trinajstić information content (AvgIpc) is 2.88. The van der Waals surface area contributed by atoms with Crippen LogP contribution in [-0.2, 0) is 10.2 Å². The van der Waals surface area contributed by atoms with Gasteiger partial charge in [0.05, 0.1) is 18.2 Å². The SMILES string of the molecule is COC(=O)c1cccc(C(=O)Oc2c(C)cc(C3(c4cc(C)c(C)c(C)c4)CCCCC3)cc2C)c1. The van der Waals surface area contributed by atoms with Crippen LogP contribution in [0.15, 0.2) is 48.5 Å². The van der Waals surface area contributed by atoms with Gasteiger partial charge in [-0.1, -0.05) is 49.6 Å². The predicted molar refractivity (Wildman–Crippen MR) is 143 cm³/mol. The molecule has 4 nitrogen and oxygen atoms in total. The Labute approximate surface area is 214 Å². The zero-order valence-electron chi connectivity index (χ0n) is 22.3. The molecule has 0 heterocycles. The van der Waals surface area contributed by atoms with Crippen LogP contribution in [0.25, 0.3) is 0 Å². The van der Waals surface area contributed by atoms with Gasteiger partial charge in [-0.15, -0.1) is 0 Å². The molecule has 3 aromatic carbocycles. The Balaban J connectivity index is 1.71. The van der Waals surface area contributed by atoms with Crippen LogP contribution in [0, 0.1) is 34.6 Å². The minimum atomic E-state index is -0.489. The Bertz CT molecular complexity index is 1270. The standard InChI is InChI=1S/C32H36O4/c1-20-15-27(16-21(2)24(20)5)32(13-8-7-9-14-32)28-17-22(3)29(23(4)18-28)36-31(34)26-12-10-11-25(19-26)30(33)35-6/h10-12,15-19H,7-9,13-14H2,1-6H3. The van der Waals surface area contributed by atoms with Crippen molar-refractivity contribution >= 4 is 11.9 Å². The molecule has 0 aliphatic heterocycles. The molecular formula is C32H36O4. The maximum Gasteiger partial charge on any atom is 0.343 e. The average molecular weight is 485 g/mol. The van der Waals surface area contributed by atoms with E-state index >= 15 is 0 Å². The summed E-state index contributed by atoms with van der Waals surface area (Å²) in [6.45, 7) is 10.6. The highest BCUT2D eigenvalue weighted by Gasteiger charge is 2.37. The molecule has 188 valence electrons. The van der Waals surface area contributed by atoms with E-state index in [0.29, 0.717) is 16.9 Å². The van der Waals surface area contributed by atoms with E-state index in [1.807, 2.05) is 13.8 Å². The number of hydrogen-bond acceptors (Lipinski definition) is 4. The van der Waals surface area contributed by atoms with Crippen molar-refractivity contribution in [3.05, 3.63) is 98.6 Å². The maximum absolute atomic E-state index is 13.0. The van der Waals surface area contributed by atoms with Gasteiger partial charge in [0.15, 0.2) is 0 Å². The predicted octanol–water partition coefficient (Wildman–Crippen LogP) is 7.48. The Morgan fingerprint density at radius 2 is 1.19 bits per heavy atom.